The Morgan fingerprint density at radius 1 is 1.38 bits per heavy atom. The number of nitrogen functional groups attached to an aromatic ring is 1. The Morgan fingerprint density at radius 2 is 2.15 bits per heavy atom. The zero-order valence-electron chi connectivity index (χ0n) is 14.4. The van der Waals surface area contributed by atoms with Crippen LogP contribution in [0, 0.1) is 0 Å². The summed E-state index contributed by atoms with van der Waals surface area (Å²) < 4.78 is 21.6. The minimum atomic E-state index is -2.63. The fourth-order valence-electron chi connectivity index (χ4n) is 3.34. The van der Waals surface area contributed by atoms with Gasteiger partial charge < -0.3 is 24.6 Å². The smallest absolute Gasteiger partial charge is 0.264 e. The first-order chi connectivity index (χ1) is 12.5. The van der Waals surface area contributed by atoms with Gasteiger partial charge in [0.25, 0.3) is 6.64 Å². The van der Waals surface area contributed by atoms with Gasteiger partial charge in [0.05, 0.1) is 12.9 Å². The van der Waals surface area contributed by atoms with Gasteiger partial charge in [-0.05, 0) is 11.8 Å². The maximum absolute atomic E-state index is 10.9. The molecule has 4 rings (SSSR count). The fraction of sp³-hybridized carbons (Fsp3) is 0.643. The van der Waals surface area contributed by atoms with Crippen LogP contribution in [0.4, 0.5) is 5.82 Å². The molecule has 2 aliphatic heterocycles. The summed E-state index contributed by atoms with van der Waals surface area (Å²) in [4.78, 5) is 12.4. The van der Waals surface area contributed by atoms with Gasteiger partial charge in [-0.1, -0.05) is 13.8 Å². The number of imidazole rings is 1. The first kappa shape index (κ1) is 18.2. The highest BCUT2D eigenvalue weighted by Gasteiger charge is 2.52. The second-order valence-corrected chi connectivity index (χ2v) is 9.47. The molecule has 12 heteroatoms. The molecule has 2 saturated heterocycles. The number of fused-ring (bicyclic) bond motifs is 2. The fourth-order valence-corrected chi connectivity index (χ4v) is 6.47. The topological polar surface area (TPSA) is 121 Å². The van der Waals surface area contributed by atoms with Crippen LogP contribution in [0.3, 0.4) is 0 Å². The van der Waals surface area contributed by atoms with Crippen molar-refractivity contribution in [2.24, 2.45) is 0 Å². The summed E-state index contributed by atoms with van der Waals surface area (Å²) in [5.41, 5.74) is 6.78. The normalized spacial score (nSPS) is 34.5. The lowest BCUT2D eigenvalue weighted by Gasteiger charge is -2.39. The maximum Gasteiger partial charge on any atom is 0.264 e. The summed E-state index contributed by atoms with van der Waals surface area (Å²) in [5.74, 6) is 0.273. The number of nitrogens with zero attached hydrogens (tertiary/aromatic N) is 5. The molecule has 3 N–H and O–H groups in total. The Balaban J connectivity index is 1.63. The van der Waals surface area contributed by atoms with Crippen molar-refractivity contribution in [3.8, 4) is 0 Å². The average Bonchev–Trinajstić information content (AvgIpc) is 3.18. The quantitative estimate of drug-likeness (QED) is 0.708. The minimum absolute atomic E-state index is 0.273. The van der Waals surface area contributed by atoms with Crippen molar-refractivity contribution in [2.45, 2.75) is 38.4 Å². The van der Waals surface area contributed by atoms with Crippen molar-refractivity contribution in [3.63, 3.8) is 0 Å². The van der Waals surface area contributed by atoms with Gasteiger partial charge in [-0.25, -0.2) is 19.6 Å². The third kappa shape index (κ3) is 2.75. The first-order valence-corrected chi connectivity index (χ1v) is 11.0. The molecule has 3 unspecified atom stereocenters. The van der Waals surface area contributed by atoms with Crippen LogP contribution < -0.4 is 5.73 Å². The van der Waals surface area contributed by atoms with E-state index >= 15 is 0 Å². The zero-order chi connectivity index (χ0) is 18.5. The molecule has 0 aromatic carbocycles. The molecule has 2 fully saturated rings. The van der Waals surface area contributed by atoms with E-state index < -0.39 is 31.2 Å². The third-order valence-corrected chi connectivity index (χ3v) is 8.21. The predicted molar refractivity (Wildman–Crippen MR) is 97.7 cm³/mol. The van der Waals surface area contributed by atoms with Crippen LogP contribution in [0.25, 0.3) is 11.2 Å². The molecule has 0 spiro atoms. The lowest BCUT2D eigenvalue weighted by Crippen LogP contribution is -2.42. The van der Waals surface area contributed by atoms with E-state index in [-0.39, 0.29) is 12.4 Å². The van der Waals surface area contributed by atoms with Crippen molar-refractivity contribution < 1.29 is 18.9 Å². The molecule has 2 aromatic heterocycles. The highest BCUT2D eigenvalue weighted by atomic mass is 32.5. The number of aromatic nitrogens is 4. The molecule has 26 heavy (non-hydrogen) atoms. The van der Waals surface area contributed by atoms with Crippen molar-refractivity contribution in [2.75, 3.05) is 25.4 Å². The van der Waals surface area contributed by atoms with E-state index in [0.717, 1.165) is 0 Å². The molecule has 2 aliphatic rings. The number of rotatable bonds is 4. The highest BCUT2D eigenvalue weighted by molar-refractivity contribution is 8.08. The van der Waals surface area contributed by atoms with Crippen molar-refractivity contribution >= 4 is 35.4 Å². The molecular weight excluding hydrogens is 379 g/mol. The van der Waals surface area contributed by atoms with Crippen LogP contribution in [0.15, 0.2) is 12.7 Å². The molecule has 10 nitrogen and oxygen atoms in total. The zero-order valence-corrected chi connectivity index (χ0v) is 16.1. The Hall–Kier alpha value is -1.20. The van der Waals surface area contributed by atoms with E-state index in [2.05, 4.69) is 15.0 Å². The van der Waals surface area contributed by atoms with E-state index in [0.29, 0.717) is 24.3 Å². The molecule has 0 bridgehead atoms. The van der Waals surface area contributed by atoms with Crippen LogP contribution in [0.1, 0.15) is 20.1 Å². The van der Waals surface area contributed by atoms with Crippen molar-refractivity contribution in [3.05, 3.63) is 12.7 Å². The maximum atomic E-state index is 10.9. The van der Waals surface area contributed by atoms with Crippen LogP contribution >= 0.6 is 6.64 Å². The highest BCUT2D eigenvalue weighted by Crippen LogP contribution is 2.58. The van der Waals surface area contributed by atoms with Crippen molar-refractivity contribution in [1.82, 2.24) is 24.2 Å². The molecule has 2 aromatic rings. The van der Waals surface area contributed by atoms with E-state index in [1.807, 2.05) is 18.5 Å². The Kier molecular flexibility index (Phi) is 4.72. The summed E-state index contributed by atoms with van der Waals surface area (Å²) in [6.07, 6.45) is 0.239. The molecule has 0 radical (unpaired) electrons. The molecule has 0 saturated carbocycles. The Bertz CT molecular complexity index is 861. The van der Waals surface area contributed by atoms with E-state index in [1.165, 1.54) is 12.7 Å². The lowest BCUT2D eigenvalue weighted by molar-refractivity contribution is -0.0576. The Labute approximate surface area is 155 Å². The summed E-state index contributed by atoms with van der Waals surface area (Å²) in [6.45, 7) is 3.08. The van der Waals surface area contributed by atoms with E-state index in [4.69, 9.17) is 31.3 Å². The standard InChI is InChI=1S/C14H21N6O4PS/c1-3-19(4-2)25(26)22-5-8-11(24-25)10(21)14(23-8)20-7-18-9-12(15)16-6-17-13(9)20/h6-8,10-11,14,21H,3-5H2,1-2H3,(H2,15,16,17)/t8-,10?,11?,14-,25?/m1/s1. The van der Waals surface area contributed by atoms with Gasteiger partial charge >= 0.3 is 0 Å². The summed E-state index contributed by atoms with van der Waals surface area (Å²) >= 11 is 5.65. The van der Waals surface area contributed by atoms with Gasteiger partial charge in [0.15, 0.2) is 17.7 Å². The second kappa shape index (κ2) is 6.75. The van der Waals surface area contributed by atoms with Gasteiger partial charge in [-0.2, -0.15) is 0 Å². The second-order valence-electron chi connectivity index (χ2n) is 6.11. The van der Waals surface area contributed by atoms with E-state index in [1.54, 1.807) is 4.57 Å². The van der Waals surface area contributed by atoms with Crippen LogP contribution in [0.5, 0.6) is 0 Å². The first-order valence-electron chi connectivity index (χ1n) is 8.43. The van der Waals surface area contributed by atoms with Crippen LogP contribution in [-0.2, 0) is 25.6 Å². The SMILES string of the molecule is CCN(CC)P1(=S)OC[C@H]2O[C@@H](n3cnc4c(N)ncnc43)C(O)C2O1. The molecule has 142 valence electrons. The number of ether oxygens (including phenoxy) is 1. The molecular formula is C14H21N6O4PS. The third-order valence-electron chi connectivity index (χ3n) is 4.70. The van der Waals surface area contributed by atoms with Gasteiger partial charge in [0.1, 0.15) is 30.2 Å². The summed E-state index contributed by atoms with van der Waals surface area (Å²) in [5, 5.41) is 10.9. The summed E-state index contributed by atoms with van der Waals surface area (Å²) in [7, 11) is 0. The average molecular weight is 400 g/mol. The number of anilines is 1. The Morgan fingerprint density at radius 3 is 2.88 bits per heavy atom. The largest absolute Gasteiger partial charge is 0.386 e. The van der Waals surface area contributed by atoms with Gasteiger partial charge in [-0.3, -0.25) is 4.57 Å². The van der Waals surface area contributed by atoms with Crippen LogP contribution in [-0.4, -0.2) is 67.3 Å². The van der Waals surface area contributed by atoms with E-state index in [9.17, 15) is 5.11 Å². The molecule has 5 atom stereocenters. The molecule has 0 amide bonds. The summed E-state index contributed by atoms with van der Waals surface area (Å²) in [6, 6.07) is 0. The minimum Gasteiger partial charge on any atom is -0.386 e. The van der Waals surface area contributed by atoms with Gasteiger partial charge in [0, 0.05) is 13.1 Å². The predicted octanol–water partition coefficient (Wildman–Crippen LogP) is 0.648. The number of nitrogens with two attached hydrogens (primary N) is 1. The lowest BCUT2D eigenvalue weighted by atomic mass is 10.1. The number of hydrogen-bond acceptors (Lipinski definition) is 9. The monoisotopic (exact) mass is 400 g/mol. The number of hydrogen-bond donors (Lipinski definition) is 2. The van der Waals surface area contributed by atoms with Crippen LogP contribution in [0.2, 0.25) is 0 Å². The molecule has 0 aliphatic carbocycles. The van der Waals surface area contributed by atoms with Gasteiger partial charge in [0.2, 0.25) is 0 Å². The van der Waals surface area contributed by atoms with Gasteiger partial charge in [-0.15, -0.1) is 0 Å². The molecule has 4 heterocycles. The number of aliphatic hydroxyl groups excluding tert-OH is 1. The van der Waals surface area contributed by atoms with Crippen molar-refractivity contribution in [1.29, 1.82) is 0 Å². The number of aliphatic hydroxyl groups is 1.